The first-order valence-electron chi connectivity index (χ1n) is 14.8. The number of hydrogen-bond acceptors (Lipinski definition) is 3. The standard InChI is InChI=1S/C30H46O3.C3H8/c1-7-11-25(26(10-4)28(32)16-21(6)31)17-23-18-27-24(15-13-22(8-2)9-3)14-12-20(5)30(27)29(33)19-23;1-3-2/h12,14,22-23,25-26H,7-11,13,15-19H2,1-6H3;3H2,1-2H3. The second-order valence-electron chi connectivity index (χ2n) is 11.2. The summed E-state index contributed by atoms with van der Waals surface area (Å²) in [7, 11) is 0. The summed E-state index contributed by atoms with van der Waals surface area (Å²) >= 11 is 0. The first kappa shape index (κ1) is 32.3. The van der Waals surface area contributed by atoms with Crippen LogP contribution in [0, 0.1) is 30.6 Å². The molecule has 204 valence electrons. The van der Waals surface area contributed by atoms with Crippen molar-refractivity contribution < 1.29 is 14.4 Å². The van der Waals surface area contributed by atoms with Crippen LogP contribution in [0.1, 0.15) is 140 Å². The summed E-state index contributed by atoms with van der Waals surface area (Å²) in [5, 5.41) is 0. The Balaban J connectivity index is 0.00000205. The number of Topliss-reactive ketones (excluding diaryl/α,β-unsaturated/α-hetero) is 3. The SMILES string of the molecule is CCC.CCCC(CC1CC(=O)c2c(C)ccc(CCC(CC)CC)c2C1)C(CC)C(=O)CC(C)=O. The summed E-state index contributed by atoms with van der Waals surface area (Å²) in [6.07, 6.45) is 11.1. The van der Waals surface area contributed by atoms with Crippen molar-refractivity contribution in [3.63, 3.8) is 0 Å². The molecule has 0 amide bonds. The van der Waals surface area contributed by atoms with Crippen molar-refractivity contribution in [1.29, 1.82) is 0 Å². The molecule has 0 N–H and O–H groups in total. The maximum Gasteiger partial charge on any atom is 0.163 e. The van der Waals surface area contributed by atoms with Gasteiger partial charge >= 0.3 is 0 Å². The second kappa shape index (κ2) is 16.9. The van der Waals surface area contributed by atoms with E-state index in [0.29, 0.717) is 6.42 Å². The molecule has 2 rings (SSSR count). The molecular weight excluding hydrogens is 444 g/mol. The van der Waals surface area contributed by atoms with Crippen LogP contribution in [0.15, 0.2) is 12.1 Å². The second-order valence-corrected chi connectivity index (χ2v) is 11.2. The monoisotopic (exact) mass is 498 g/mol. The van der Waals surface area contributed by atoms with E-state index < -0.39 is 0 Å². The highest BCUT2D eigenvalue weighted by atomic mass is 16.1. The molecule has 36 heavy (non-hydrogen) atoms. The normalized spacial score (nSPS) is 16.7. The van der Waals surface area contributed by atoms with Gasteiger partial charge in [-0.2, -0.15) is 0 Å². The first-order valence-corrected chi connectivity index (χ1v) is 14.8. The molecule has 1 aromatic rings. The van der Waals surface area contributed by atoms with Gasteiger partial charge in [-0.05, 0) is 80.4 Å². The maximum atomic E-state index is 13.3. The Morgan fingerprint density at radius 1 is 0.944 bits per heavy atom. The van der Waals surface area contributed by atoms with Gasteiger partial charge in [0.1, 0.15) is 11.6 Å². The zero-order valence-corrected chi connectivity index (χ0v) is 24.7. The van der Waals surface area contributed by atoms with E-state index in [-0.39, 0.29) is 41.5 Å². The van der Waals surface area contributed by atoms with E-state index in [1.165, 1.54) is 43.7 Å². The van der Waals surface area contributed by atoms with Gasteiger partial charge < -0.3 is 0 Å². The summed E-state index contributed by atoms with van der Waals surface area (Å²) in [4.78, 5) is 37.7. The first-order chi connectivity index (χ1) is 17.2. The third kappa shape index (κ3) is 9.60. The van der Waals surface area contributed by atoms with Crippen LogP contribution in [-0.4, -0.2) is 17.3 Å². The van der Waals surface area contributed by atoms with Crippen molar-refractivity contribution >= 4 is 17.3 Å². The maximum absolute atomic E-state index is 13.3. The predicted octanol–water partition coefficient (Wildman–Crippen LogP) is 8.91. The molecule has 0 radical (unpaired) electrons. The Hall–Kier alpha value is -1.77. The van der Waals surface area contributed by atoms with Crippen LogP contribution in [0.2, 0.25) is 0 Å². The molecule has 1 aliphatic carbocycles. The summed E-state index contributed by atoms with van der Waals surface area (Å²) in [5.74, 6) is 1.53. The molecule has 1 aromatic carbocycles. The number of ketones is 3. The van der Waals surface area contributed by atoms with Gasteiger partial charge in [-0.3, -0.25) is 14.4 Å². The van der Waals surface area contributed by atoms with Crippen molar-refractivity contribution in [3.05, 3.63) is 34.4 Å². The van der Waals surface area contributed by atoms with E-state index >= 15 is 0 Å². The Morgan fingerprint density at radius 3 is 2.11 bits per heavy atom. The van der Waals surface area contributed by atoms with Crippen LogP contribution >= 0.6 is 0 Å². The molecule has 0 aliphatic heterocycles. The van der Waals surface area contributed by atoms with E-state index in [1.807, 2.05) is 0 Å². The van der Waals surface area contributed by atoms with Gasteiger partial charge in [0, 0.05) is 17.9 Å². The van der Waals surface area contributed by atoms with Crippen LogP contribution in [0.25, 0.3) is 0 Å². The molecule has 3 nitrogen and oxygen atoms in total. The molecule has 3 heteroatoms. The number of carbonyl (C=O) groups is 3. The van der Waals surface area contributed by atoms with Crippen molar-refractivity contribution in [2.75, 3.05) is 0 Å². The van der Waals surface area contributed by atoms with Crippen LogP contribution < -0.4 is 0 Å². The summed E-state index contributed by atoms with van der Waals surface area (Å²) in [6.45, 7) is 16.6. The molecule has 0 spiro atoms. The van der Waals surface area contributed by atoms with E-state index in [1.54, 1.807) is 0 Å². The summed E-state index contributed by atoms with van der Waals surface area (Å²) < 4.78 is 0. The molecule has 0 bridgehead atoms. The molecule has 0 saturated heterocycles. The van der Waals surface area contributed by atoms with Gasteiger partial charge in [0.25, 0.3) is 0 Å². The lowest BCUT2D eigenvalue weighted by atomic mass is 9.71. The van der Waals surface area contributed by atoms with Crippen LogP contribution in [0.3, 0.4) is 0 Å². The van der Waals surface area contributed by atoms with Gasteiger partial charge in [0.2, 0.25) is 0 Å². The van der Waals surface area contributed by atoms with Crippen molar-refractivity contribution in [3.8, 4) is 0 Å². The number of fused-ring (bicyclic) bond motifs is 1. The van der Waals surface area contributed by atoms with Gasteiger partial charge in [-0.1, -0.05) is 85.8 Å². The molecule has 0 aromatic heterocycles. The Bertz CT molecular complexity index is 834. The predicted molar refractivity (Wildman–Crippen MR) is 153 cm³/mol. The zero-order chi connectivity index (χ0) is 27.3. The van der Waals surface area contributed by atoms with E-state index in [0.717, 1.165) is 55.6 Å². The largest absolute Gasteiger partial charge is 0.300 e. The average molecular weight is 499 g/mol. The minimum atomic E-state index is -0.0720. The number of rotatable bonds is 14. The molecule has 3 unspecified atom stereocenters. The van der Waals surface area contributed by atoms with Gasteiger partial charge in [0.05, 0.1) is 6.42 Å². The number of aryl methyl sites for hydroxylation is 2. The van der Waals surface area contributed by atoms with E-state index in [4.69, 9.17) is 0 Å². The van der Waals surface area contributed by atoms with Crippen LogP contribution in [0.5, 0.6) is 0 Å². The Kier molecular flexibility index (Phi) is 15.1. The molecular formula is C33H54O3. The van der Waals surface area contributed by atoms with Crippen LogP contribution in [0.4, 0.5) is 0 Å². The molecule has 0 fully saturated rings. The molecule has 0 saturated carbocycles. The fraction of sp³-hybridized carbons (Fsp3) is 0.727. The highest BCUT2D eigenvalue weighted by molar-refractivity contribution is 6.00. The van der Waals surface area contributed by atoms with Gasteiger partial charge in [-0.25, -0.2) is 0 Å². The molecule has 0 heterocycles. The summed E-state index contributed by atoms with van der Waals surface area (Å²) in [6, 6.07) is 4.38. The molecule has 3 atom stereocenters. The minimum absolute atomic E-state index is 0.0461. The number of benzene rings is 1. The van der Waals surface area contributed by atoms with Crippen LogP contribution in [-0.2, 0) is 22.4 Å². The van der Waals surface area contributed by atoms with E-state index in [2.05, 4.69) is 60.6 Å². The minimum Gasteiger partial charge on any atom is -0.300 e. The Labute approximate surface area is 222 Å². The van der Waals surface area contributed by atoms with Crippen molar-refractivity contribution in [2.45, 2.75) is 132 Å². The average Bonchev–Trinajstić information content (AvgIpc) is 2.81. The van der Waals surface area contributed by atoms with Gasteiger partial charge in [-0.15, -0.1) is 0 Å². The topological polar surface area (TPSA) is 51.2 Å². The quantitative estimate of drug-likeness (QED) is 0.241. The fourth-order valence-electron chi connectivity index (χ4n) is 6.09. The third-order valence-electron chi connectivity index (χ3n) is 7.98. The third-order valence-corrected chi connectivity index (χ3v) is 7.98. The van der Waals surface area contributed by atoms with Crippen molar-refractivity contribution in [1.82, 2.24) is 0 Å². The number of hydrogen-bond donors (Lipinski definition) is 0. The highest BCUT2D eigenvalue weighted by Crippen LogP contribution is 2.38. The van der Waals surface area contributed by atoms with Crippen molar-refractivity contribution in [2.24, 2.45) is 23.7 Å². The smallest absolute Gasteiger partial charge is 0.163 e. The van der Waals surface area contributed by atoms with E-state index in [9.17, 15) is 14.4 Å². The fourth-order valence-corrected chi connectivity index (χ4v) is 6.09. The van der Waals surface area contributed by atoms with Gasteiger partial charge in [0.15, 0.2) is 5.78 Å². The Morgan fingerprint density at radius 2 is 1.58 bits per heavy atom. The number of carbonyl (C=O) groups excluding carboxylic acids is 3. The lowest BCUT2D eigenvalue weighted by molar-refractivity contribution is -0.129. The lowest BCUT2D eigenvalue weighted by Crippen LogP contribution is -2.30. The summed E-state index contributed by atoms with van der Waals surface area (Å²) in [5.41, 5.74) is 4.71. The molecule has 1 aliphatic rings. The highest BCUT2D eigenvalue weighted by Gasteiger charge is 2.33. The lowest BCUT2D eigenvalue weighted by Gasteiger charge is -2.32. The zero-order valence-electron chi connectivity index (χ0n) is 24.7.